The number of esters is 1. The molecule has 0 bridgehead atoms. The third-order valence-electron chi connectivity index (χ3n) is 4.60. The quantitative estimate of drug-likeness (QED) is 0.829. The number of nitrogens with zero attached hydrogens (tertiary/aromatic N) is 2. The first kappa shape index (κ1) is 18.0. The van der Waals surface area contributed by atoms with Gasteiger partial charge in [0.05, 0.1) is 13.2 Å². The van der Waals surface area contributed by atoms with E-state index in [0.717, 1.165) is 16.8 Å². The van der Waals surface area contributed by atoms with E-state index in [1.165, 1.54) is 5.56 Å². The summed E-state index contributed by atoms with van der Waals surface area (Å²) in [5, 5.41) is 6.93. The topological polar surface area (TPSA) is 84.5 Å². The molecule has 0 saturated heterocycles. The highest BCUT2D eigenvalue weighted by Crippen LogP contribution is 2.22. The van der Waals surface area contributed by atoms with Gasteiger partial charge in [0, 0.05) is 24.2 Å². The van der Waals surface area contributed by atoms with Gasteiger partial charge in [-0.1, -0.05) is 6.07 Å². The molecule has 0 spiro atoms. The minimum Gasteiger partial charge on any atom is -0.484 e. The summed E-state index contributed by atoms with van der Waals surface area (Å²) < 4.78 is 10.7. The van der Waals surface area contributed by atoms with Crippen LogP contribution in [0.2, 0.25) is 0 Å². The van der Waals surface area contributed by atoms with Crippen molar-refractivity contribution in [3.8, 4) is 5.75 Å². The number of fused-ring (bicyclic) bond motifs is 1. The number of carbonyl (C=O) groups is 2. The van der Waals surface area contributed by atoms with Crippen molar-refractivity contribution in [3.63, 3.8) is 0 Å². The van der Waals surface area contributed by atoms with Crippen molar-refractivity contribution in [2.75, 3.05) is 19.8 Å². The molecular weight excluding hydrogens is 334 g/mol. The second-order valence-electron chi connectivity index (χ2n) is 6.35. The fourth-order valence-electron chi connectivity index (χ4n) is 2.92. The van der Waals surface area contributed by atoms with Gasteiger partial charge in [-0.3, -0.25) is 9.89 Å². The lowest BCUT2D eigenvalue weighted by molar-refractivity contribution is -0.134. The Bertz CT molecular complexity index is 828. The van der Waals surface area contributed by atoms with Crippen LogP contribution in [0.15, 0.2) is 18.2 Å². The maximum Gasteiger partial charge on any atom is 0.359 e. The maximum absolute atomic E-state index is 12.5. The summed E-state index contributed by atoms with van der Waals surface area (Å²) in [6.45, 7) is 6.92. The molecule has 1 aliphatic heterocycles. The maximum atomic E-state index is 12.5. The molecule has 138 valence electrons. The van der Waals surface area contributed by atoms with Gasteiger partial charge in [-0.05, 0) is 44.0 Å². The summed E-state index contributed by atoms with van der Waals surface area (Å²) in [6.07, 6.45) is 0.622. The number of benzene rings is 1. The fourth-order valence-corrected chi connectivity index (χ4v) is 2.92. The van der Waals surface area contributed by atoms with E-state index in [2.05, 4.69) is 10.2 Å². The molecule has 1 aliphatic rings. The van der Waals surface area contributed by atoms with Crippen LogP contribution in [0.25, 0.3) is 0 Å². The lowest BCUT2D eigenvalue weighted by Gasteiger charge is -2.27. The second kappa shape index (κ2) is 7.59. The van der Waals surface area contributed by atoms with Gasteiger partial charge in [-0.2, -0.15) is 5.10 Å². The molecule has 0 unspecified atom stereocenters. The van der Waals surface area contributed by atoms with Gasteiger partial charge in [0.1, 0.15) is 5.75 Å². The van der Waals surface area contributed by atoms with E-state index in [9.17, 15) is 9.59 Å². The van der Waals surface area contributed by atoms with E-state index in [4.69, 9.17) is 9.47 Å². The van der Waals surface area contributed by atoms with Crippen molar-refractivity contribution in [1.82, 2.24) is 15.1 Å². The Hall–Kier alpha value is -2.83. The monoisotopic (exact) mass is 357 g/mol. The number of aryl methyl sites for hydroxylation is 2. The molecule has 0 saturated carbocycles. The molecule has 0 radical (unpaired) electrons. The van der Waals surface area contributed by atoms with Crippen LogP contribution in [0.3, 0.4) is 0 Å². The number of ether oxygens (including phenoxy) is 2. The molecule has 1 aromatic carbocycles. The molecule has 0 aliphatic carbocycles. The van der Waals surface area contributed by atoms with Crippen molar-refractivity contribution in [1.29, 1.82) is 0 Å². The Balaban J connectivity index is 1.64. The normalized spacial score (nSPS) is 13.3. The average Bonchev–Trinajstić information content (AvgIpc) is 3.06. The molecule has 1 aromatic heterocycles. The fraction of sp³-hybridized carbons (Fsp3) is 0.421. The van der Waals surface area contributed by atoms with Crippen LogP contribution in [0.4, 0.5) is 0 Å². The van der Waals surface area contributed by atoms with Gasteiger partial charge in [-0.15, -0.1) is 0 Å². The van der Waals surface area contributed by atoms with E-state index in [0.29, 0.717) is 25.3 Å². The molecule has 1 N–H and O–H groups in total. The standard InChI is InChI=1S/C19H23N3O4/c1-4-25-19(24)18-15-10-22(8-7-16(15)20-21-18)17(23)11-26-14-6-5-12(2)13(3)9-14/h5-6,9H,4,7-8,10-11H2,1-3H3,(H,20,21). The highest BCUT2D eigenvalue weighted by atomic mass is 16.5. The van der Waals surface area contributed by atoms with Gasteiger partial charge in [-0.25, -0.2) is 4.79 Å². The Kier molecular flexibility index (Phi) is 5.25. The number of rotatable bonds is 5. The van der Waals surface area contributed by atoms with E-state index < -0.39 is 5.97 Å². The molecule has 7 heteroatoms. The Labute approximate surface area is 152 Å². The van der Waals surface area contributed by atoms with Crippen LogP contribution in [-0.4, -0.2) is 46.7 Å². The number of hydrogen-bond acceptors (Lipinski definition) is 5. The number of H-pyrrole nitrogens is 1. The molecule has 7 nitrogen and oxygen atoms in total. The van der Waals surface area contributed by atoms with E-state index in [-0.39, 0.29) is 24.8 Å². The smallest absolute Gasteiger partial charge is 0.359 e. The zero-order valence-electron chi connectivity index (χ0n) is 15.3. The third-order valence-corrected chi connectivity index (χ3v) is 4.60. The summed E-state index contributed by atoms with van der Waals surface area (Å²) >= 11 is 0. The Morgan fingerprint density at radius 2 is 2.08 bits per heavy atom. The Morgan fingerprint density at radius 3 is 2.81 bits per heavy atom. The molecular formula is C19H23N3O4. The van der Waals surface area contributed by atoms with Crippen LogP contribution in [0.1, 0.15) is 39.8 Å². The van der Waals surface area contributed by atoms with Gasteiger partial charge in [0.2, 0.25) is 0 Å². The van der Waals surface area contributed by atoms with Gasteiger partial charge >= 0.3 is 5.97 Å². The van der Waals surface area contributed by atoms with Gasteiger partial charge < -0.3 is 14.4 Å². The molecule has 0 atom stereocenters. The number of carbonyl (C=O) groups excluding carboxylic acids is 2. The first-order valence-corrected chi connectivity index (χ1v) is 8.70. The SMILES string of the molecule is CCOC(=O)c1n[nH]c2c1CN(C(=O)COc1ccc(C)c(C)c1)CC2. The summed E-state index contributed by atoms with van der Waals surface area (Å²) in [4.78, 5) is 26.2. The predicted molar refractivity (Wildman–Crippen MR) is 95.1 cm³/mol. The molecule has 0 fully saturated rings. The average molecular weight is 357 g/mol. The molecule has 3 rings (SSSR count). The van der Waals surface area contributed by atoms with Gasteiger partial charge in [0.15, 0.2) is 12.3 Å². The second-order valence-corrected chi connectivity index (χ2v) is 6.35. The predicted octanol–water partition coefficient (Wildman–Crippen LogP) is 2.17. The van der Waals surface area contributed by atoms with Crippen LogP contribution in [0.5, 0.6) is 5.75 Å². The number of nitrogens with one attached hydrogen (secondary N) is 1. The number of aromatic amines is 1. The van der Waals surface area contributed by atoms with Gasteiger partial charge in [0.25, 0.3) is 5.91 Å². The van der Waals surface area contributed by atoms with Crippen molar-refractivity contribution in [2.24, 2.45) is 0 Å². The van der Waals surface area contributed by atoms with E-state index in [1.807, 2.05) is 32.0 Å². The summed E-state index contributed by atoms with van der Waals surface area (Å²) in [5.74, 6) is 0.0882. The first-order chi connectivity index (χ1) is 12.5. The van der Waals surface area contributed by atoms with E-state index >= 15 is 0 Å². The minimum atomic E-state index is -0.467. The number of hydrogen-bond donors (Lipinski definition) is 1. The van der Waals surface area contributed by atoms with Crippen molar-refractivity contribution < 1.29 is 19.1 Å². The summed E-state index contributed by atoms with van der Waals surface area (Å²) in [5.41, 5.74) is 4.17. The van der Waals surface area contributed by atoms with E-state index in [1.54, 1.807) is 11.8 Å². The highest BCUT2D eigenvalue weighted by Gasteiger charge is 2.28. The largest absolute Gasteiger partial charge is 0.484 e. The van der Waals surface area contributed by atoms with Crippen LogP contribution in [-0.2, 0) is 22.5 Å². The van der Waals surface area contributed by atoms with Crippen molar-refractivity contribution >= 4 is 11.9 Å². The van der Waals surface area contributed by atoms with Crippen LogP contribution < -0.4 is 4.74 Å². The van der Waals surface area contributed by atoms with Crippen LogP contribution >= 0.6 is 0 Å². The zero-order valence-corrected chi connectivity index (χ0v) is 15.3. The zero-order chi connectivity index (χ0) is 18.7. The molecule has 2 aromatic rings. The highest BCUT2D eigenvalue weighted by molar-refractivity contribution is 5.89. The molecule has 1 amide bonds. The lowest BCUT2D eigenvalue weighted by Crippen LogP contribution is -2.39. The third kappa shape index (κ3) is 3.71. The van der Waals surface area contributed by atoms with Crippen molar-refractivity contribution in [2.45, 2.75) is 33.7 Å². The summed E-state index contributed by atoms with van der Waals surface area (Å²) in [7, 11) is 0. The van der Waals surface area contributed by atoms with Crippen LogP contribution in [0, 0.1) is 13.8 Å². The van der Waals surface area contributed by atoms with Crippen molar-refractivity contribution in [3.05, 3.63) is 46.3 Å². The minimum absolute atomic E-state index is 0.0373. The summed E-state index contributed by atoms with van der Waals surface area (Å²) in [6, 6.07) is 5.75. The first-order valence-electron chi connectivity index (χ1n) is 8.70. The number of aromatic nitrogens is 2. The molecule has 26 heavy (non-hydrogen) atoms. The lowest BCUT2D eigenvalue weighted by atomic mass is 10.1. The number of amides is 1. The Morgan fingerprint density at radius 1 is 1.27 bits per heavy atom. The molecule has 2 heterocycles.